The molecule has 2 amide bonds. The maximum absolute atomic E-state index is 12.8. The molecule has 1 unspecified atom stereocenters. The highest BCUT2D eigenvalue weighted by Gasteiger charge is 2.49. The Kier molecular flexibility index (Phi) is 5.34. The third-order valence-electron chi connectivity index (χ3n) is 4.67. The Morgan fingerprint density at radius 2 is 2.00 bits per heavy atom. The van der Waals surface area contributed by atoms with Gasteiger partial charge in [0.1, 0.15) is 11.5 Å². The molecule has 3 rings (SSSR count). The Bertz CT molecular complexity index is 809. The molecule has 0 saturated heterocycles. The van der Waals surface area contributed by atoms with E-state index in [4.69, 9.17) is 13.9 Å². The minimum Gasteiger partial charge on any atom is -0.467 e. The van der Waals surface area contributed by atoms with E-state index in [0.717, 1.165) is 12.0 Å². The Morgan fingerprint density at radius 3 is 2.67 bits per heavy atom. The number of carbonyl (C=O) groups is 3. The van der Waals surface area contributed by atoms with Crippen molar-refractivity contribution in [2.45, 2.75) is 31.2 Å². The van der Waals surface area contributed by atoms with E-state index in [-0.39, 0.29) is 18.2 Å². The van der Waals surface area contributed by atoms with Crippen LogP contribution < -0.4 is 5.32 Å². The van der Waals surface area contributed by atoms with Gasteiger partial charge in [-0.15, -0.1) is 0 Å². The number of fused-ring (bicyclic) bond motifs is 1. The average Bonchev–Trinajstić information content (AvgIpc) is 3.13. The number of hydrogen-bond donors (Lipinski definition) is 1. The lowest BCUT2D eigenvalue weighted by atomic mass is 9.93. The van der Waals surface area contributed by atoms with E-state index < -0.39 is 17.6 Å². The minimum absolute atomic E-state index is 0.159. The second-order valence-corrected chi connectivity index (χ2v) is 6.39. The van der Waals surface area contributed by atoms with Crippen molar-refractivity contribution >= 4 is 24.0 Å². The van der Waals surface area contributed by atoms with Gasteiger partial charge in [0.2, 0.25) is 11.4 Å². The molecule has 0 bridgehead atoms. The summed E-state index contributed by atoms with van der Waals surface area (Å²) in [6.07, 6.45) is 8.96. The van der Waals surface area contributed by atoms with Gasteiger partial charge in [0.25, 0.3) is 0 Å². The Hall–Kier alpha value is -3.03. The summed E-state index contributed by atoms with van der Waals surface area (Å²) in [6, 6.07) is 1.69. The van der Waals surface area contributed by atoms with Gasteiger partial charge in [-0.3, -0.25) is 10.1 Å². The number of hydrogen-bond acceptors (Lipinski definition) is 6. The summed E-state index contributed by atoms with van der Waals surface area (Å²) in [6.45, 7) is -0.166. The van der Waals surface area contributed by atoms with E-state index in [0.29, 0.717) is 25.0 Å². The van der Waals surface area contributed by atoms with Gasteiger partial charge in [0, 0.05) is 24.6 Å². The van der Waals surface area contributed by atoms with Crippen LogP contribution in [-0.2, 0) is 31.0 Å². The fourth-order valence-electron chi connectivity index (χ4n) is 3.24. The molecule has 1 aliphatic heterocycles. The van der Waals surface area contributed by atoms with Crippen LogP contribution in [0, 0.1) is 0 Å². The number of nitrogens with zero attached hydrogens (tertiary/aromatic N) is 1. The third kappa shape index (κ3) is 3.60. The van der Waals surface area contributed by atoms with E-state index in [1.807, 2.05) is 18.2 Å². The predicted octanol–water partition coefficient (Wildman–Crippen LogP) is 2.10. The van der Waals surface area contributed by atoms with Crippen molar-refractivity contribution in [2.75, 3.05) is 20.8 Å². The van der Waals surface area contributed by atoms with E-state index >= 15 is 0 Å². The fraction of sp³-hybridized carbons (Fsp3) is 0.421. The van der Waals surface area contributed by atoms with Crippen LogP contribution >= 0.6 is 0 Å². The Morgan fingerprint density at radius 1 is 1.22 bits per heavy atom. The molecule has 0 fully saturated rings. The molecule has 0 radical (unpaired) electrons. The van der Waals surface area contributed by atoms with Crippen molar-refractivity contribution < 1.29 is 28.3 Å². The molecule has 8 heteroatoms. The lowest BCUT2D eigenvalue weighted by Gasteiger charge is -2.34. The van der Waals surface area contributed by atoms with E-state index in [9.17, 15) is 14.4 Å². The topological polar surface area (TPSA) is 98.1 Å². The van der Waals surface area contributed by atoms with Gasteiger partial charge < -0.3 is 18.8 Å². The number of rotatable bonds is 5. The highest BCUT2D eigenvalue weighted by molar-refractivity contribution is 5.88. The number of ether oxygens (including phenoxy) is 2. The lowest BCUT2D eigenvalue weighted by Crippen LogP contribution is -2.58. The molecule has 2 heterocycles. The van der Waals surface area contributed by atoms with Gasteiger partial charge in [-0.25, -0.2) is 9.59 Å². The first-order valence-corrected chi connectivity index (χ1v) is 8.70. The molecule has 1 atom stereocenters. The normalized spacial score (nSPS) is 17.9. The average molecular weight is 374 g/mol. The quantitative estimate of drug-likeness (QED) is 0.793. The molecule has 144 valence electrons. The molecule has 27 heavy (non-hydrogen) atoms. The van der Waals surface area contributed by atoms with Crippen LogP contribution in [0.5, 0.6) is 0 Å². The fourth-order valence-corrected chi connectivity index (χ4v) is 3.24. The molecular formula is C19H22N2O6. The van der Waals surface area contributed by atoms with Gasteiger partial charge in [0.15, 0.2) is 0 Å². The summed E-state index contributed by atoms with van der Waals surface area (Å²) in [5.41, 5.74) is -0.901. The van der Waals surface area contributed by atoms with Crippen molar-refractivity contribution in [1.29, 1.82) is 0 Å². The van der Waals surface area contributed by atoms with Crippen LogP contribution in [0.2, 0.25) is 0 Å². The van der Waals surface area contributed by atoms with Crippen molar-refractivity contribution in [3.05, 3.63) is 41.5 Å². The maximum atomic E-state index is 12.8. The van der Waals surface area contributed by atoms with Crippen molar-refractivity contribution in [3.8, 4) is 0 Å². The zero-order valence-corrected chi connectivity index (χ0v) is 15.3. The molecular weight excluding hydrogens is 352 g/mol. The molecule has 1 aromatic rings. The highest BCUT2D eigenvalue weighted by Crippen LogP contribution is 2.33. The van der Waals surface area contributed by atoms with E-state index in [1.54, 1.807) is 12.3 Å². The zero-order chi connectivity index (χ0) is 19.4. The number of nitrogens with one attached hydrogen (secondary N) is 1. The standard InChI is InChI=1S/C19H22N2O6/c1-25-17(23)19(20-18(24)26-2,12-21-10-6-5-9-16(21)22)15-11-13-7-3-4-8-14(13)27-15/h3,6-7,10-11H,4-5,8-9,12H2,1-2H3,(H,20,24). The first-order chi connectivity index (χ1) is 13.0. The van der Waals surface area contributed by atoms with Crippen molar-refractivity contribution in [2.24, 2.45) is 0 Å². The second kappa shape index (κ2) is 7.69. The van der Waals surface area contributed by atoms with Crippen LogP contribution in [0.4, 0.5) is 4.79 Å². The number of allylic oxidation sites excluding steroid dienone is 2. The largest absolute Gasteiger partial charge is 0.467 e. The number of alkyl carbamates (subject to hydrolysis) is 1. The van der Waals surface area contributed by atoms with Crippen molar-refractivity contribution in [3.63, 3.8) is 0 Å². The highest BCUT2D eigenvalue weighted by atomic mass is 16.5. The molecule has 0 aromatic carbocycles. The smallest absolute Gasteiger partial charge is 0.408 e. The summed E-state index contributed by atoms with van der Waals surface area (Å²) in [5.74, 6) is -0.000519. The number of aryl methyl sites for hydroxylation is 1. The van der Waals surface area contributed by atoms with Gasteiger partial charge in [-0.05, 0) is 18.9 Å². The van der Waals surface area contributed by atoms with Crippen LogP contribution in [-0.4, -0.2) is 43.6 Å². The number of carbonyl (C=O) groups excluding carboxylic acids is 3. The molecule has 2 aliphatic rings. The van der Waals surface area contributed by atoms with Crippen LogP contribution in [0.1, 0.15) is 36.3 Å². The summed E-state index contributed by atoms with van der Waals surface area (Å²) in [4.78, 5) is 38.6. The van der Waals surface area contributed by atoms with Crippen LogP contribution in [0.15, 0.2) is 28.8 Å². The number of esters is 1. The van der Waals surface area contributed by atoms with Gasteiger partial charge in [-0.1, -0.05) is 18.2 Å². The molecule has 1 N–H and O–H groups in total. The van der Waals surface area contributed by atoms with Gasteiger partial charge in [0.05, 0.1) is 20.8 Å². The molecule has 0 spiro atoms. The first-order valence-electron chi connectivity index (χ1n) is 8.70. The third-order valence-corrected chi connectivity index (χ3v) is 4.67. The van der Waals surface area contributed by atoms with Crippen LogP contribution in [0.25, 0.3) is 6.08 Å². The number of methoxy groups -OCH3 is 2. The summed E-state index contributed by atoms with van der Waals surface area (Å²) in [5, 5.41) is 2.54. The van der Waals surface area contributed by atoms with E-state index in [2.05, 4.69) is 5.32 Å². The summed E-state index contributed by atoms with van der Waals surface area (Å²) < 4.78 is 15.6. The number of furan rings is 1. The first kappa shape index (κ1) is 18.8. The summed E-state index contributed by atoms with van der Waals surface area (Å²) in [7, 11) is 2.41. The molecule has 1 aromatic heterocycles. The number of amides is 2. The monoisotopic (exact) mass is 374 g/mol. The SMILES string of the molecule is COC(=O)NC(CN1C=CCCC1=O)(C(=O)OC)c1cc2c(o1)CCC=C2. The van der Waals surface area contributed by atoms with E-state index in [1.165, 1.54) is 19.1 Å². The van der Waals surface area contributed by atoms with Gasteiger partial charge in [-0.2, -0.15) is 0 Å². The molecule has 1 aliphatic carbocycles. The lowest BCUT2D eigenvalue weighted by molar-refractivity contribution is -0.151. The van der Waals surface area contributed by atoms with Crippen LogP contribution in [0.3, 0.4) is 0 Å². The Labute approximate surface area is 156 Å². The maximum Gasteiger partial charge on any atom is 0.408 e. The zero-order valence-electron chi connectivity index (χ0n) is 15.3. The molecule has 8 nitrogen and oxygen atoms in total. The predicted molar refractivity (Wildman–Crippen MR) is 95.4 cm³/mol. The molecule has 0 saturated carbocycles. The Balaban J connectivity index is 2.08. The second-order valence-electron chi connectivity index (χ2n) is 6.39. The van der Waals surface area contributed by atoms with Crippen molar-refractivity contribution in [1.82, 2.24) is 10.2 Å². The summed E-state index contributed by atoms with van der Waals surface area (Å²) >= 11 is 0. The minimum atomic E-state index is -1.73. The van der Waals surface area contributed by atoms with Gasteiger partial charge >= 0.3 is 12.1 Å².